The highest BCUT2D eigenvalue weighted by Gasteiger charge is 2.35. The van der Waals surface area contributed by atoms with Gasteiger partial charge in [0.1, 0.15) is 30.2 Å². The zero-order valence-electron chi connectivity index (χ0n) is 52.0. The van der Waals surface area contributed by atoms with Crippen molar-refractivity contribution in [2.45, 2.75) is 174 Å². The number of rotatable bonds is 43. The van der Waals surface area contributed by atoms with E-state index in [0.717, 1.165) is 5.56 Å². The molecule has 0 spiro atoms. The molecule has 3 aromatic rings. The van der Waals surface area contributed by atoms with Crippen molar-refractivity contribution in [1.82, 2.24) is 62.1 Å². The van der Waals surface area contributed by atoms with Crippen molar-refractivity contribution in [2.75, 3.05) is 57.0 Å². The number of primary amides is 1. The van der Waals surface area contributed by atoms with Gasteiger partial charge in [-0.3, -0.25) is 52.9 Å². The molecule has 1 aromatic carbocycles. The van der Waals surface area contributed by atoms with Gasteiger partial charge in [0.05, 0.1) is 19.4 Å². The van der Waals surface area contributed by atoms with Crippen LogP contribution in [-0.2, 0) is 59.2 Å². The number of hydrogen-bond donors (Lipinski definition) is 14. The number of nitrogens with zero attached hydrogens (tertiary/aromatic N) is 5. The molecular weight excluding hydrogens is 1140 g/mol. The summed E-state index contributed by atoms with van der Waals surface area (Å²) in [4.78, 5) is 150. The molecule has 18 N–H and O–H groups in total. The Hall–Kier alpha value is -8.70. The summed E-state index contributed by atoms with van der Waals surface area (Å²) in [5, 5.41) is 27.6. The van der Waals surface area contributed by atoms with Crippen LogP contribution in [0.25, 0.3) is 11.2 Å². The van der Waals surface area contributed by atoms with E-state index in [1.54, 1.807) is 20.2 Å². The molecule has 0 aliphatic heterocycles. The first-order valence-electron chi connectivity index (χ1n) is 30.2. The van der Waals surface area contributed by atoms with Crippen molar-refractivity contribution in [3.8, 4) is 0 Å². The standard InChI is InChI=1S/C58H95N19O11/c1-8-36(5)47(55(86)63-7)73-53(84)40(19-13-14-27-59)72-56(87)48(37(6)9-2)74-54(85)41(21-22-42(60)78)71-52(83)39(20-15-28-66-57(61)62)70-45(81)25-30-64-43(79)23-24-44(80)65-31-26-46(82)88-32-16-29-67-58-75-50(68-33-38-17-11-10-12-18-38)49-51(76-58)77(34-69-49)35(3)4/h10-12,17-18,34-37,39-41,47-48H,8-9,13-16,19-33,59H2,1-7H3,(H2,60,78)(H,63,86)(H,64,79)(H,65,80)(H,70,81)(H,71,83)(H,72,87)(H,73,84)(H,74,85)(H4,61,62,66)(H2,67,68,75,76). The summed E-state index contributed by atoms with van der Waals surface area (Å²) >= 11 is 0. The number of unbranched alkanes of at least 4 members (excludes halogenated alkanes) is 1. The van der Waals surface area contributed by atoms with Crippen molar-refractivity contribution in [3.63, 3.8) is 0 Å². The zero-order chi connectivity index (χ0) is 65.1. The number of amides is 9. The molecule has 7 atom stereocenters. The smallest absolute Gasteiger partial charge is 0.307 e. The maximum Gasteiger partial charge on any atom is 0.307 e. The third-order valence-corrected chi connectivity index (χ3v) is 14.4. The van der Waals surface area contributed by atoms with Gasteiger partial charge in [-0.05, 0) is 82.7 Å². The number of likely N-dealkylation sites (N-methyl/N-ethyl adjacent to an activating group) is 1. The lowest BCUT2D eigenvalue weighted by atomic mass is 9.96. The van der Waals surface area contributed by atoms with Crippen LogP contribution >= 0.6 is 0 Å². The lowest BCUT2D eigenvalue weighted by molar-refractivity contribution is -0.143. The van der Waals surface area contributed by atoms with Gasteiger partial charge in [-0.2, -0.15) is 9.97 Å². The number of nitrogens with two attached hydrogens (primary N) is 4. The van der Waals surface area contributed by atoms with Gasteiger partial charge in [0.25, 0.3) is 0 Å². The summed E-state index contributed by atoms with van der Waals surface area (Å²) in [6.45, 7) is 12.5. The third-order valence-electron chi connectivity index (χ3n) is 14.4. The molecule has 3 rings (SSSR count). The Bertz CT molecular complexity index is 2780. The summed E-state index contributed by atoms with van der Waals surface area (Å²) in [6, 6.07) is 3.99. The highest BCUT2D eigenvalue weighted by atomic mass is 16.5. The molecule has 30 heteroatoms. The number of esters is 1. The minimum Gasteiger partial charge on any atom is -0.466 e. The normalized spacial score (nSPS) is 13.4. The summed E-state index contributed by atoms with van der Waals surface area (Å²) in [7, 11) is 1.45. The van der Waals surface area contributed by atoms with Gasteiger partial charge in [0.15, 0.2) is 22.9 Å². The minimum absolute atomic E-state index is 0.0265. The molecule has 0 fully saturated rings. The van der Waals surface area contributed by atoms with Gasteiger partial charge in [0.2, 0.25) is 59.1 Å². The predicted octanol–water partition coefficient (Wildman–Crippen LogP) is -0.132. The van der Waals surface area contributed by atoms with Crippen molar-refractivity contribution < 1.29 is 52.7 Å². The van der Waals surface area contributed by atoms with Gasteiger partial charge in [0, 0.05) is 71.5 Å². The van der Waals surface area contributed by atoms with Gasteiger partial charge in [-0.25, -0.2) is 4.98 Å². The van der Waals surface area contributed by atoms with Crippen molar-refractivity contribution in [3.05, 3.63) is 42.2 Å². The molecule has 2 aromatic heterocycles. The fourth-order valence-corrected chi connectivity index (χ4v) is 8.79. The zero-order valence-corrected chi connectivity index (χ0v) is 52.0. The van der Waals surface area contributed by atoms with Gasteiger partial charge in [-0.1, -0.05) is 70.9 Å². The Kier molecular flexibility index (Phi) is 33.3. The molecule has 0 saturated carbocycles. The van der Waals surface area contributed by atoms with E-state index in [4.69, 9.17) is 27.7 Å². The van der Waals surface area contributed by atoms with Gasteiger partial charge < -0.3 is 85.4 Å². The number of hydrogen-bond acceptors (Lipinski definition) is 18. The van der Waals surface area contributed by atoms with E-state index in [-0.39, 0.29) is 102 Å². The Balaban J connectivity index is 1.52. The summed E-state index contributed by atoms with van der Waals surface area (Å²) in [6.07, 6.45) is 2.92. The topological polar surface area (TPSA) is 460 Å². The number of aromatic nitrogens is 4. The number of aliphatic imine (C=N–C) groups is 1. The molecule has 0 aliphatic rings. The fraction of sp³-hybridized carbons (Fsp3) is 0.621. The van der Waals surface area contributed by atoms with E-state index >= 15 is 0 Å². The minimum atomic E-state index is -1.46. The average Bonchev–Trinajstić information content (AvgIpc) is 3.45. The highest BCUT2D eigenvalue weighted by Crippen LogP contribution is 2.24. The summed E-state index contributed by atoms with van der Waals surface area (Å²) < 4.78 is 7.30. The molecule has 2 heterocycles. The Morgan fingerprint density at radius 2 is 1.19 bits per heavy atom. The second kappa shape index (κ2) is 39.9. The number of carbonyl (C=O) groups excluding carboxylic acids is 10. The van der Waals surface area contributed by atoms with Crippen molar-refractivity contribution in [2.24, 2.45) is 39.8 Å². The van der Waals surface area contributed by atoms with Gasteiger partial charge >= 0.3 is 5.97 Å². The summed E-state index contributed by atoms with van der Waals surface area (Å²) in [5.74, 6) is -6.49. The first-order chi connectivity index (χ1) is 42.0. The Morgan fingerprint density at radius 1 is 0.614 bits per heavy atom. The average molecular weight is 1230 g/mol. The van der Waals surface area contributed by atoms with Gasteiger partial charge in [-0.15, -0.1) is 0 Å². The van der Waals surface area contributed by atoms with E-state index in [1.807, 2.05) is 62.6 Å². The SMILES string of the molecule is CCC(C)C(NC(=O)C(CCCCN)NC(=O)C(NC(=O)C(CCC(N)=O)NC(=O)C(CCCN=C(N)N)NC(=O)CCNC(=O)CCC(=O)NCCC(=O)OCCCNc1nc(NCc2ccccc2)c2ncn(C(C)C)c2n1)C(C)CC)C(=O)NC. The number of ether oxygens (including phenoxy) is 1. The Morgan fingerprint density at radius 3 is 1.78 bits per heavy atom. The molecule has 9 amide bonds. The molecule has 0 saturated heterocycles. The van der Waals surface area contributed by atoms with Crippen LogP contribution in [0.4, 0.5) is 11.8 Å². The van der Waals surface area contributed by atoms with Crippen molar-refractivity contribution >= 4 is 88.0 Å². The number of nitrogens with one attached hydrogen (secondary N) is 10. The second-order valence-corrected chi connectivity index (χ2v) is 21.7. The Labute approximate surface area is 514 Å². The van der Waals surface area contributed by atoms with Crippen LogP contribution in [0.3, 0.4) is 0 Å². The second-order valence-electron chi connectivity index (χ2n) is 21.7. The lowest BCUT2D eigenvalue weighted by Gasteiger charge is -2.30. The molecule has 0 radical (unpaired) electrons. The number of imidazole rings is 1. The van der Waals surface area contributed by atoms with Crippen LogP contribution in [0, 0.1) is 11.8 Å². The maximum absolute atomic E-state index is 14.1. The monoisotopic (exact) mass is 1230 g/mol. The predicted molar refractivity (Wildman–Crippen MR) is 332 cm³/mol. The molecular formula is C58H95N19O11. The molecule has 7 unspecified atom stereocenters. The largest absolute Gasteiger partial charge is 0.466 e. The van der Waals surface area contributed by atoms with Crippen LogP contribution < -0.4 is 76.1 Å². The quantitative estimate of drug-likeness (QED) is 0.0152. The molecule has 488 valence electrons. The number of carbonyl (C=O) groups is 10. The van der Waals surface area contributed by atoms with Crippen molar-refractivity contribution in [1.29, 1.82) is 0 Å². The van der Waals surface area contributed by atoms with Crippen LogP contribution in [-0.4, -0.2) is 161 Å². The maximum atomic E-state index is 14.1. The van der Waals surface area contributed by atoms with E-state index in [2.05, 4.69) is 73.1 Å². The van der Waals surface area contributed by atoms with E-state index in [9.17, 15) is 47.9 Å². The van der Waals surface area contributed by atoms with Crippen LogP contribution in [0.15, 0.2) is 41.7 Å². The molecule has 0 bridgehead atoms. The van der Waals surface area contributed by atoms with E-state index in [0.29, 0.717) is 74.7 Å². The first kappa shape index (κ1) is 73.6. The van der Waals surface area contributed by atoms with E-state index in [1.165, 1.54) is 7.05 Å². The molecule has 88 heavy (non-hydrogen) atoms. The molecule has 30 nitrogen and oxygen atoms in total. The number of fused-ring (bicyclic) bond motifs is 1. The van der Waals surface area contributed by atoms with Crippen LogP contribution in [0.5, 0.6) is 0 Å². The highest BCUT2D eigenvalue weighted by molar-refractivity contribution is 5.97. The number of benzene rings is 1. The fourth-order valence-electron chi connectivity index (χ4n) is 8.79. The summed E-state index contributed by atoms with van der Waals surface area (Å²) in [5.41, 5.74) is 24.5. The van der Waals surface area contributed by atoms with Crippen LogP contribution in [0.1, 0.15) is 143 Å². The van der Waals surface area contributed by atoms with E-state index < -0.39 is 95.3 Å². The lowest BCUT2D eigenvalue weighted by Crippen LogP contribution is -2.60. The molecule has 0 aliphatic carbocycles. The third kappa shape index (κ3) is 26.9. The number of anilines is 2. The first-order valence-corrected chi connectivity index (χ1v) is 30.2. The van der Waals surface area contributed by atoms with Crippen LogP contribution in [0.2, 0.25) is 0 Å². The number of guanidine groups is 1.